The van der Waals surface area contributed by atoms with Gasteiger partial charge in [0.15, 0.2) is 6.10 Å². The molecule has 1 aliphatic heterocycles. The van der Waals surface area contributed by atoms with Crippen LogP contribution >= 0.6 is 23.2 Å². The Morgan fingerprint density at radius 3 is 2.29 bits per heavy atom. The number of benzene rings is 2. The first kappa shape index (κ1) is 24.9. The number of carboxylic acid groups (broad SMARTS) is 1. The summed E-state index contributed by atoms with van der Waals surface area (Å²) in [5, 5.41) is 11.9. The molecule has 0 unspecified atom stereocenters. The van der Waals surface area contributed by atoms with Crippen molar-refractivity contribution in [3.8, 4) is 11.1 Å². The second kappa shape index (κ2) is 8.45. The van der Waals surface area contributed by atoms with E-state index in [9.17, 15) is 18.3 Å². The lowest BCUT2D eigenvalue weighted by Crippen LogP contribution is -2.37. The molecule has 1 aliphatic rings. The number of aromatic nitrogens is 1. The molecule has 0 aliphatic carbocycles. The highest BCUT2D eigenvalue weighted by molar-refractivity contribution is 7.92. The van der Waals surface area contributed by atoms with Crippen LogP contribution in [0.2, 0.25) is 10.2 Å². The van der Waals surface area contributed by atoms with Crippen LogP contribution in [0, 0.1) is 6.92 Å². The Morgan fingerprint density at radius 1 is 1.15 bits per heavy atom. The third-order valence-electron chi connectivity index (χ3n) is 5.84. The Morgan fingerprint density at radius 2 is 1.76 bits per heavy atom. The molecule has 0 fully saturated rings. The van der Waals surface area contributed by atoms with Gasteiger partial charge in [0, 0.05) is 22.5 Å². The Kier molecular flexibility index (Phi) is 6.17. The first-order valence-corrected chi connectivity index (χ1v) is 13.3. The standard InChI is InChI=1S/C24H26Cl2N2O5S/c1-13-18(22(23(29)30)33-24(2,3)4)19(14-6-8-15(25)9-7-14)16-12-17(26)27-10-11-28(34(5,31)32)20(13)21(16)27/h6-9,12,22H,10-11H2,1-5H3,(H,29,30)/t22-/m0/s1. The van der Waals surface area contributed by atoms with Crippen LogP contribution < -0.4 is 4.31 Å². The average Bonchev–Trinajstić information content (AvgIpc) is 3.05. The van der Waals surface area contributed by atoms with Gasteiger partial charge in [-0.15, -0.1) is 0 Å². The van der Waals surface area contributed by atoms with E-state index >= 15 is 0 Å². The number of sulfonamides is 1. The third kappa shape index (κ3) is 4.28. The van der Waals surface area contributed by atoms with E-state index in [-0.39, 0.29) is 6.54 Å². The molecular formula is C24H26Cl2N2O5S. The van der Waals surface area contributed by atoms with Gasteiger partial charge in [-0.2, -0.15) is 0 Å². The number of hydrogen-bond acceptors (Lipinski definition) is 4. The van der Waals surface area contributed by atoms with Crippen LogP contribution in [0.1, 0.15) is 38.0 Å². The van der Waals surface area contributed by atoms with Crippen LogP contribution in [0.25, 0.3) is 22.0 Å². The lowest BCUT2D eigenvalue weighted by atomic mass is 9.87. The highest BCUT2D eigenvalue weighted by Gasteiger charge is 2.37. The molecule has 0 saturated carbocycles. The van der Waals surface area contributed by atoms with Crippen molar-refractivity contribution in [1.29, 1.82) is 0 Å². The van der Waals surface area contributed by atoms with E-state index in [4.69, 9.17) is 27.9 Å². The number of carboxylic acids is 1. The number of hydrogen-bond donors (Lipinski definition) is 1. The van der Waals surface area contributed by atoms with Gasteiger partial charge in [0.25, 0.3) is 0 Å². The van der Waals surface area contributed by atoms with E-state index in [2.05, 4.69) is 0 Å². The van der Waals surface area contributed by atoms with Gasteiger partial charge in [-0.1, -0.05) is 35.3 Å². The zero-order valence-corrected chi connectivity index (χ0v) is 21.8. The smallest absolute Gasteiger partial charge is 0.337 e. The monoisotopic (exact) mass is 524 g/mol. The zero-order chi connectivity index (χ0) is 25.2. The minimum atomic E-state index is -3.64. The number of aliphatic carboxylic acids is 1. The molecule has 2 aromatic carbocycles. The molecule has 7 nitrogen and oxygen atoms in total. The SMILES string of the molecule is Cc1c([C@H](OC(C)(C)C)C(=O)O)c(-c2ccc(Cl)cc2)c2cc(Cl)n3c2c1N(S(C)(=O)=O)CC3. The van der Waals surface area contributed by atoms with E-state index in [0.29, 0.717) is 50.0 Å². The fourth-order valence-electron chi connectivity index (χ4n) is 4.60. The van der Waals surface area contributed by atoms with Crippen LogP contribution in [-0.2, 0) is 26.1 Å². The molecule has 182 valence electrons. The van der Waals surface area contributed by atoms with Crippen molar-refractivity contribution in [2.24, 2.45) is 0 Å². The maximum Gasteiger partial charge on any atom is 0.337 e. The largest absolute Gasteiger partial charge is 0.479 e. The molecule has 4 rings (SSSR count). The van der Waals surface area contributed by atoms with Crippen molar-refractivity contribution in [3.63, 3.8) is 0 Å². The summed E-state index contributed by atoms with van der Waals surface area (Å²) in [7, 11) is -3.64. The lowest BCUT2D eigenvalue weighted by molar-refractivity contribution is -0.160. The molecule has 0 saturated heterocycles. The Hall–Kier alpha value is -2.26. The predicted molar refractivity (Wildman–Crippen MR) is 136 cm³/mol. The molecule has 10 heteroatoms. The minimum absolute atomic E-state index is 0.188. The first-order valence-electron chi connectivity index (χ1n) is 10.7. The molecule has 3 aromatic rings. The molecule has 1 atom stereocenters. The molecule has 0 spiro atoms. The van der Waals surface area contributed by atoms with Crippen LogP contribution in [0.4, 0.5) is 5.69 Å². The van der Waals surface area contributed by atoms with E-state index in [1.807, 2.05) is 4.57 Å². The summed E-state index contributed by atoms with van der Waals surface area (Å²) in [4.78, 5) is 12.6. The molecule has 0 amide bonds. The highest BCUT2D eigenvalue weighted by Crippen LogP contribution is 2.49. The van der Waals surface area contributed by atoms with Gasteiger partial charge in [-0.25, -0.2) is 13.2 Å². The van der Waals surface area contributed by atoms with Crippen LogP contribution in [0.5, 0.6) is 0 Å². The molecule has 1 N–H and O–H groups in total. The summed E-state index contributed by atoms with van der Waals surface area (Å²) in [5.74, 6) is -1.17. The maximum atomic E-state index is 12.8. The number of anilines is 1. The van der Waals surface area contributed by atoms with E-state index < -0.39 is 27.7 Å². The van der Waals surface area contributed by atoms with Crippen LogP contribution in [0.15, 0.2) is 30.3 Å². The first-order chi connectivity index (χ1) is 15.7. The molecule has 2 heterocycles. The fraction of sp³-hybridized carbons (Fsp3) is 0.375. The number of ether oxygens (including phenoxy) is 1. The Bertz CT molecular complexity index is 1410. The second-order valence-electron chi connectivity index (χ2n) is 9.43. The van der Waals surface area contributed by atoms with E-state index in [1.165, 1.54) is 4.31 Å². The van der Waals surface area contributed by atoms with Gasteiger partial charge in [0.2, 0.25) is 10.0 Å². The number of rotatable bonds is 5. The fourth-order valence-corrected chi connectivity index (χ4v) is 5.97. The second-order valence-corrected chi connectivity index (χ2v) is 12.2. The summed E-state index contributed by atoms with van der Waals surface area (Å²) in [6.45, 7) is 7.63. The normalized spacial score (nSPS) is 15.1. The molecule has 34 heavy (non-hydrogen) atoms. The molecule has 1 aromatic heterocycles. The quantitative estimate of drug-likeness (QED) is 0.466. The predicted octanol–water partition coefficient (Wildman–Crippen LogP) is 5.64. The number of halogens is 2. The summed E-state index contributed by atoms with van der Waals surface area (Å²) in [5.41, 5.74) is 2.54. The average molecular weight is 525 g/mol. The van der Waals surface area contributed by atoms with Crippen molar-refractivity contribution in [2.75, 3.05) is 17.1 Å². The van der Waals surface area contributed by atoms with Gasteiger partial charge >= 0.3 is 5.97 Å². The van der Waals surface area contributed by atoms with Crippen LogP contribution in [-0.4, -0.2) is 42.5 Å². The lowest BCUT2D eigenvalue weighted by Gasteiger charge is -2.34. The minimum Gasteiger partial charge on any atom is -0.479 e. The van der Waals surface area contributed by atoms with Crippen molar-refractivity contribution >= 4 is 55.8 Å². The van der Waals surface area contributed by atoms with Gasteiger partial charge in [0.05, 0.1) is 29.6 Å². The number of nitrogens with zero attached hydrogens (tertiary/aromatic N) is 2. The summed E-state index contributed by atoms with van der Waals surface area (Å²) < 4.78 is 34.7. The highest BCUT2D eigenvalue weighted by atomic mass is 35.5. The van der Waals surface area contributed by atoms with Gasteiger partial charge < -0.3 is 14.4 Å². The van der Waals surface area contributed by atoms with E-state index in [0.717, 1.165) is 11.8 Å². The Labute approximate surface area is 208 Å². The summed E-state index contributed by atoms with van der Waals surface area (Å²) >= 11 is 12.7. The van der Waals surface area contributed by atoms with Gasteiger partial charge in [-0.3, -0.25) is 4.31 Å². The number of carbonyl (C=O) groups is 1. The zero-order valence-electron chi connectivity index (χ0n) is 19.5. The van der Waals surface area contributed by atoms with E-state index in [1.54, 1.807) is 58.0 Å². The molecular weight excluding hydrogens is 499 g/mol. The van der Waals surface area contributed by atoms with Gasteiger partial charge in [-0.05, 0) is 62.6 Å². The van der Waals surface area contributed by atoms with Gasteiger partial charge in [0.1, 0.15) is 5.15 Å². The molecule has 0 radical (unpaired) electrons. The summed E-state index contributed by atoms with van der Waals surface area (Å²) in [6, 6.07) is 8.82. The Balaban J connectivity index is 2.21. The maximum absolute atomic E-state index is 12.8. The van der Waals surface area contributed by atoms with Crippen molar-refractivity contribution in [2.45, 2.75) is 45.9 Å². The van der Waals surface area contributed by atoms with Crippen molar-refractivity contribution in [3.05, 3.63) is 51.6 Å². The summed E-state index contributed by atoms with van der Waals surface area (Å²) in [6.07, 6.45) is -0.206. The topological polar surface area (TPSA) is 88.8 Å². The van der Waals surface area contributed by atoms with Crippen molar-refractivity contribution < 1.29 is 23.1 Å². The molecule has 0 bridgehead atoms. The van der Waals surface area contributed by atoms with Crippen molar-refractivity contribution in [1.82, 2.24) is 4.57 Å². The third-order valence-corrected chi connectivity index (χ3v) is 7.57. The van der Waals surface area contributed by atoms with Crippen LogP contribution in [0.3, 0.4) is 0 Å².